The van der Waals surface area contributed by atoms with E-state index >= 15 is 0 Å². The van der Waals surface area contributed by atoms with Gasteiger partial charge in [0.1, 0.15) is 6.61 Å². The molecule has 0 radical (unpaired) electrons. The van der Waals surface area contributed by atoms with E-state index in [-0.39, 0.29) is 5.60 Å². The van der Waals surface area contributed by atoms with Crippen molar-refractivity contribution in [1.82, 2.24) is 0 Å². The zero-order valence-electron chi connectivity index (χ0n) is 11.5. The number of halogens is 1. The molecule has 0 spiro atoms. The number of rotatable bonds is 6. The SMILES string of the molecule is COc1cc(CCl)ccc1OCCOC(C)(C)C. The maximum absolute atomic E-state index is 5.77. The van der Waals surface area contributed by atoms with E-state index in [2.05, 4.69) is 0 Å². The lowest BCUT2D eigenvalue weighted by molar-refractivity contribution is -0.0165. The number of hydrogen-bond donors (Lipinski definition) is 0. The van der Waals surface area contributed by atoms with Gasteiger partial charge in [-0.1, -0.05) is 6.07 Å². The van der Waals surface area contributed by atoms with Crippen molar-refractivity contribution in [1.29, 1.82) is 0 Å². The average molecular weight is 273 g/mol. The minimum atomic E-state index is -0.143. The van der Waals surface area contributed by atoms with E-state index in [1.165, 1.54) is 0 Å². The first-order valence-corrected chi connectivity index (χ1v) is 6.49. The minimum Gasteiger partial charge on any atom is -0.493 e. The zero-order chi connectivity index (χ0) is 13.6. The normalized spacial score (nSPS) is 11.4. The first kappa shape index (κ1) is 15.1. The summed E-state index contributed by atoms with van der Waals surface area (Å²) >= 11 is 5.77. The number of ether oxygens (including phenoxy) is 3. The van der Waals surface area contributed by atoms with E-state index in [1.54, 1.807) is 7.11 Å². The van der Waals surface area contributed by atoms with Gasteiger partial charge in [-0.05, 0) is 38.5 Å². The molecule has 0 heterocycles. The van der Waals surface area contributed by atoms with Gasteiger partial charge in [0, 0.05) is 5.88 Å². The predicted octanol–water partition coefficient (Wildman–Crippen LogP) is 3.63. The van der Waals surface area contributed by atoms with Crippen molar-refractivity contribution in [2.24, 2.45) is 0 Å². The molecule has 0 unspecified atom stereocenters. The van der Waals surface area contributed by atoms with E-state index in [0.29, 0.717) is 30.6 Å². The molecule has 0 aliphatic rings. The Morgan fingerprint density at radius 2 is 1.83 bits per heavy atom. The Balaban J connectivity index is 2.51. The van der Waals surface area contributed by atoms with Gasteiger partial charge in [0.15, 0.2) is 11.5 Å². The Bertz CT molecular complexity index is 372. The van der Waals surface area contributed by atoms with Crippen molar-refractivity contribution in [3.05, 3.63) is 23.8 Å². The molecule has 0 aromatic heterocycles. The van der Waals surface area contributed by atoms with Crippen LogP contribution in [0.5, 0.6) is 11.5 Å². The van der Waals surface area contributed by atoms with Crippen LogP contribution in [0.15, 0.2) is 18.2 Å². The molecule has 0 atom stereocenters. The lowest BCUT2D eigenvalue weighted by Gasteiger charge is -2.19. The molecule has 0 aliphatic heterocycles. The second kappa shape index (κ2) is 6.86. The van der Waals surface area contributed by atoms with Gasteiger partial charge in [-0.3, -0.25) is 0 Å². The smallest absolute Gasteiger partial charge is 0.161 e. The highest BCUT2D eigenvalue weighted by Crippen LogP contribution is 2.28. The quantitative estimate of drug-likeness (QED) is 0.585. The monoisotopic (exact) mass is 272 g/mol. The van der Waals surface area contributed by atoms with E-state index in [4.69, 9.17) is 25.8 Å². The fourth-order valence-corrected chi connectivity index (χ4v) is 1.58. The average Bonchev–Trinajstić information content (AvgIpc) is 2.33. The summed E-state index contributed by atoms with van der Waals surface area (Å²) in [5.74, 6) is 1.87. The Kier molecular flexibility index (Phi) is 5.76. The molecule has 1 aromatic rings. The molecule has 0 saturated carbocycles. The predicted molar refractivity (Wildman–Crippen MR) is 73.8 cm³/mol. The van der Waals surface area contributed by atoms with Crippen molar-refractivity contribution in [3.63, 3.8) is 0 Å². The summed E-state index contributed by atoms with van der Waals surface area (Å²) in [6, 6.07) is 5.68. The van der Waals surface area contributed by atoms with Gasteiger partial charge in [-0.15, -0.1) is 11.6 Å². The topological polar surface area (TPSA) is 27.7 Å². The summed E-state index contributed by atoms with van der Waals surface area (Å²) in [5.41, 5.74) is 0.863. The molecule has 0 fully saturated rings. The van der Waals surface area contributed by atoms with Gasteiger partial charge in [0.05, 0.1) is 19.3 Å². The maximum Gasteiger partial charge on any atom is 0.161 e. The lowest BCUT2D eigenvalue weighted by Crippen LogP contribution is -2.22. The fourth-order valence-electron chi connectivity index (χ4n) is 1.41. The van der Waals surface area contributed by atoms with Crippen LogP contribution >= 0.6 is 11.6 Å². The highest BCUT2D eigenvalue weighted by atomic mass is 35.5. The van der Waals surface area contributed by atoms with Crippen molar-refractivity contribution in [2.75, 3.05) is 20.3 Å². The summed E-state index contributed by atoms with van der Waals surface area (Å²) in [6.07, 6.45) is 0. The molecule has 4 heteroatoms. The molecule has 18 heavy (non-hydrogen) atoms. The molecule has 1 aromatic carbocycles. The van der Waals surface area contributed by atoms with E-state index in [9.17, 15) is 0 Å². The molecule has 0 amide bonds. The van der Waals surface area contributed by atoms with E-state index < -0.39 is 0 Å². The third-order valence-corrected chi connectivity index (χ3v) is 2.57. The summed E-state index contributed by atoms with van der Waals surface area (Å²) in [5, 5.41) is 0. The summed E-state index contributed by atoms with van der Waals surface area (Å²) in [7, 11) is 1.62. The Hall–Kier alpha value is -0.930. The Morgan fingerprint density at radius 3 is 2.39 bits per heavy atom. The van der Waals surface area contributed by atoms with Crippen LogP contribution in [-0.2, 0) is 10.6 Å². The lowest BCUT2D eigenvalue weighted by atomic mass is 10.2. The number of hydrogen-bond acceptors (Lipinski definition) is 3. The number of methoxy groups -OCH3 is 1. The molecular weight excluding hydrogens is 252 g/mol. The number of benzene rings is 1. The molecule has 0 aliphatic carbocycles. The highest BCUT2D eigenvalue weighted by molar-refractivity contribution is 6.17. The van der Waals surface area contributed by atoms with Crippen LogP contribution in [0, 0.1) is 0 Å². The first-order valence-electron chi connectivity index (χ1n) is 5.96. The summed E-state index contributed by atoms with van der Waals surface area (Å²) < 4.78 is 16.5. The molecular formula is C14H21ClO3. The van der Waals surface area contributed by atoms with Crippen molar-refractivity contribution in [2.45, 2.75) is 32.3 Å². The van der Waals surface area contributed by atoms with Crippen LogP contribution in [0.1, 0.15) is 26.3 Å². The van der Waals surface area contributed by atoms with Gasteiger partial charge in [0.2, 0.25) is 0 Å². The second-order valence-electron chi connectivity index (χ2n) is 4.93. The van der Waals surface area contributed by atoms with Gasteiger partial charge >= 0.3 is 0 Å². The maximum atomic E-state index is 5.77. The highest BCUT2D eigenvalue weighted by Gasteiger charge is 2.10. The molecule has 102 valence electrons. The van der Waals surface area contributed by atoms with Gasteiger partial charge in [-0.25, -0.2) is 0 Å². The molecule has 3 nitrogen and oxygen atoms in total. The van der Waals surface area contributed by atoms with Crippen molar-refractivity contribution < 1.29 is 14.2 Å². The van der Waals surface area contributed by atoms with Crippen LogP contribution in [0.4, 0.5) is 0 Å². The van der Waals surface area contributed by atoms with Crippen molar-refractivity contribution >= 4 is 11.6 Å². The Labute approximate surface area is 114 Å². The molecule has 0 bridgehead atoms. The van der Waals surface area contributed by atoms with Crippen molar-refractivity contribution in [3.8, 4) is 11.5 Å². The van der Waals surface area contributed by atoms with Crippen LogP contribution < -0.4 is 9.47 Å². The minimum absolute atomic E-state index is 0.143. The van der Waals surface area contributed by atoms with Crippen LogP contribution in [0.2, 0.25) is 0 Å². The fraction of sp³-hybridized carbons (Fsp3) is 0.571. The molecule has 1 rings (SSSR count). The largest absolute Gasteiger partial charge is 0.493 e. The van der Waals surface area contributed by atoms with E-state index in [0.717, 1.165) is 5.56 Å². The Morgan fingerprint density at radius 1 is 1.11 bits per heavy atom. The zero-order valence-corrected chi connectivity index (χ0v) is 12.2. The standard InChI is InChI=1S/C14H21ClO3/c1-14(2,3)18-8-7-17-12-6-5-11(10-15)9-13(12)16-4/h5-6,9H,7-8,10H2,1-4H3. The summed E-state index contributed by atoms with van der Waals surface area (Å²) in [4.78, 5) is 0. The van der Waals surface area contributed by atoms with Gasteiger partial charge < -0.3 is 14.2 Å². The van der Waals surface area contributed by atoms with Crippen LogP contribution in [-0.4, -0.2) is 25.9 Å². The first-order chi connectivity index (χ1) is 8.46. The van der Waals surface area contributed by atoms with Crippen LogP contribution in [0.3, 0.4) is 0 Å². The van der Waals surface area contributed by atoms with E-state index in [1.807, 2.05) is 39.0 Å². The third kappa shape index (κ3) is 5.15. The summed E-state index contributed by atoms with van der Waals surface area (Å²) in [6.45, 7) is 7.09. The van der Waals surface area contributed by atoms with Gasteiger partial charge in [-0.2, -0.15) is 0 Å². The van der Waals surface area contributed by atoms with Crippen LogP contribution in [0.25, 0.3) is 0 Å². The third-order valence-electron chi connectivity index (χ3n) is 2.26. The molecule has 0 saturated heterocycles. The number of alkyl halides is 1. The molecule has 0 N–H and O–H groups in total. The second-order valence-corrected chi connectivity index (χ2v) is 5.20. The van der Waals surface area contributed by atoms with Gasteiger partial charge in [0.25, 0.3) is 0 Å².